The van der Waals surface area contributed by atoms with Gasteiger partial charge in [-0.05, 0) is 42.8 Å². The maximum Gasteiger partial charge on any atom is 0.332 e. The van der Waals surface area contributed by atoms with Crippen LogP contribution < -0.4 is 5.73 Å². The minimum Gasteiger partial charge on any atom is -0.380 e. The molecule has 0 spiro atoms. The van der Waals surface area contributed by atoms with E-state index in [2.05, 4.69) is 21.5 Å². The van der Waals surface area contributed by atoms with Crippen LogP contribution >= 0.6 is 0 Å². The molecule has 39 heavy (non-hydrogen) atoms. The molecule has 9 nitrogen and oxygen atoms in total. The van der Waals surface area contributed by atoms with Gasteiger partial charge < -0.3 is 24.8 Å². The number of amides is 1. The summed E-state index contributed by atoms with van der Waals surface area (Å²) in [7, 11) is 0. The first-order chi connectivity index (χ1) is 18.9. The number of carbonyl (C=O) groups is 3. The Hall–Kier alpha value is -4.50. The van der Waals surface area contributed by atoms with E-state index in [1.54, 1.807) is 4.90 Å². The van der Waals surface area contributed by atoms with Crippen LogP contribution in [0.1, 0.15) is 41.8 Å². The topological polar surface area (TPSA) is 116 Å². The highest BCUT2D eigenvalue weighted by Gasteiger charge is 2.16. The highest BCUT2D eigenvalue weighted by Crippen LogP contribution is 2.31. The lowest BCUT2D eigenvalue weighted by molar-refractivity contribution is -0.140. The van der Waals surface area contributed by atoms with Crippen molar-refractivity contribution in [2.45, 2.75) is 26.8 Å². The second-order valence-electron chi connectivity index (χ2n) is 9.12. The minimum absolute atomic E-state index is 0.0222. The van der Waals surface area contributed by atoms with E-state index in [0.29, 0.717) is 29.9 Å². The van der Waals surface area contributed by atoms with Gasteiger partial charge in [-0.1, -0.05) is 42.4 Å². The van der Waals surface area contributed by atoms with Crippen molar-refractivity contribution < 1.29 is 24.0 Å². The summed E-state index contributed by atoms with van der Waals surface area (Å²) >= 11 is 0. The van der Waals surface area contributed by atoms with E-state index < -0.39 is 5.97 Å². The molecule has 0 unspecified atom stereocenters. The third-order valence-corrected chi connectivity index (χ3v) is 6.37. The lowest BCUT2D eigenvalue weighted by Crippen LogP contribution is -2.34. The number of oxime groups is 1. The summed E-state index contributed by atoms with van der Waals surface area (Å²) in [5, 5.41) is 5.62. The quantitative estimate of drug-likeness (QED) is 0.0965. The fourth-order valence-corrected chi connectivity index (χ4v) is 4.47. The molecule has 1 aliphatic rings. The number of ketones is 1. The van der Waals surface area contributed by atoms with E-state index in [1.165, 1.54) is 6.92 Å². The van der Waals surface area contributed by atoms with Gasteiger partial charge in [0.05, 0.1) is 13.2 Å². The normalized spacial score (nSPS) is 13.6. The van der Waals surface area contributed by atoms with Gasteiger partial charge in [0.25, 0.3) is 0 Å². The van der Waals surface area contributed by atoms with Gasteiger partial charge in [-0.2, -0.15) is 0 Å². The second kappa shape index (κ2) is 12.8. The zero-order valence-corrected chi connectivity index (χ0v) is 22.1. The molecule has 1 saturated heterocycles. The van der Waals surface area contributed by atoms with Crippen molar-refractivity contribution in [3.8, 4) is 0 Å². The highest BCUT2D eigenvalue weighted by atomic mass is 16.7. The molecule has 9 heteroatoms. The fourth-order valence-electron chi connectivity index (χ4n) is 4.47. The van der Waals surface area contributed by atoms with E-state index in [4.69, 9.17) is 10.5 Å². The summed E-state index contributed by atoms with van der Waals surface area (Å²) in [5.41, 5.74) is 10.0. The minimum atomic E-state index is -0.535. The van der Waals surface area contributed by atoms with Crippen LogP contribution in [0.5, 0.6) is 0 Å². The Balaban J connectivity index is 0.000000379. The molecule has 1 amide bonds. The van der Waals surface area contributed by atoms with E-state index in [-0.39, 0.29) is 11.6 Å². The number of morpholine rings is 1. The van der Waals surface area contributed by atoms with Gasteiger partial charge in [0, 0.05) is 65.1 Å². The molecule has 202 valence electrons. The van der Waals surface area contributed by atoms with Gasteiger partial charge in [-0.3, -0.25) is 9.59 Å². The van der Waals surface area contributed by atoms with Crippen LogP contribution in [0.4, 0.5) is 0 Å². The molecule has 4 aromatic rings. The van der Waals surface area contributed by atoms with Gasteiger partial charge in [0.15, 0.2) is 11.6 Å². The fraction of sp³-hybridized carbons (Fsp3) is 0.267. The second-order valence-corrected chi connectivity index (χ2v) is 9.12. The van der Waals surface area contributed by atoms with Crippen LogP contribution in [0.2, 0.25) is 0 Å². The van der Waals surface area contributed by atoms with Crippen molar-refractivity contribution in [3.63, 3.8) is 0 Å². The van der Waals surface area contributed by atoms with Crippen molar-refractivity contribution in [2.75, 3.05) is 26.3 Å². The molecule has 0 radical (unpaired) electrons. The van der Waals surface area contributed by atoms with Crippen LogP contribution in [0, 0.1) is 0 Å². The average molecular weight is 529 g/mol. The Labute approximate surface area is 226 Å². The monoisotopic (exact) mass is 528 g/mol. The van der Waals surface area contributed by atoms with Gasteiger partial charge >= 0.3 is 5.97 Å². The first-order valence-electron chi connectivity index (χ1n) is 12.9. The standard InChI is InChI=1S/C25H23N3O3.C5H9NO2/c1-3-13-28-22-11-9-18(24(30)17-7-5-4-6-8-17)14-20(22)21-15-19(10-12-23(21)28)25(26)27-31-16(2)29;7-5-6-1-3-8-4-2-6/h4-12,14-15H,3,13H2,1-2H3,(H2,26,27);5H,1-4H2. The molecule has 0 bridgehead atoms. The summed E-state index contributed by atoms with van der Waals surface area (Å²) in [4.78, 5) is 40.4. The maximum atomic E-state index is 13.0. The van der Waals surface area contributed by atoms with Crippen LogP contribution in [0.15, 0.2) is 71.9 Å². The number of aryl methyl sites for hydroxylation is 1. The van der Waals surface area contributed by atoms with Gasteiger partial charge in [0.1, 0.15) is 0 Å². The van der Waals surface area contributed by atoms with E-state index >= 15 is 0 Å². The number of hydrogen-bond donors (Lipinski definition) is 1. The maximum absolute atomic E-state index is 13.0. The molecule has 0 atom stereocenters. The zero-order valence-electron chi connectivity index (χ0n) is 22.1. The third kappa shape index (κ3) is 6.50. The van der Waals surface area contributed by atoms with E-state index in [0.717, 1.165) is 54.3 Å². The van der Waals surface area contributed by atoms with Crippen molar-refractivity contribution in [1.82, 2.24) is 9.47 Å². The van der Waals surface area contributed by atoms with Crippen LogP contribution in [-0.2, 0) is 25.7 Å². The van der Waals surface area contributed by atoms with Crippen molar-refractivity contribution >= 4 is 45.8 Å². The largest absolute Gasteiger partial charge is 0.380 e. The number of nitrogens with two attached hydrogens (primary N) is 1. The molecule has 1 aliphatic heterocycles. The number of fused-ring (bicyclic) bond motifs is 3. The van der Waals surface area contributed by atoms with Crippen molar-refractivity contribution in [2.24, 2.45) is 10.9 Å². The van der Waals surface area contributed by atoms with Crippen LogP contribution in [0.25, 0.3) is 21.8 Å². The number of carbonyl (C=O) groups excluding carboxylic acids is 3. The number of nitrogens with zero attached hydrogens (tertiary/aromatic N) is 3. The highest BCUT2D eigenvalue weighted by molar-refractivity contribution is 6.15. The Kier molecular flexibility index (Phi) is 9.06. The molecule has 0 saturated carbocycles. The summed E-state index contributed by atoms with van der Waals surface area (Å²) in [5.74, 6) is -0.441. The van der Waals surface area contributed by atoms with E-state index in [1.807, 2.05) is 66.7 Å². The first kappa shape index (κ1) is 27.5. The number of rotatable bonds is 7. The predicted molar refractivity (Wildman–Crippen MR) is 151 cm³/mol. The molecule has 2 N–H and O–H groups in total. The van der Waals surface area contributed by atoms with Crippen molar-refractivity contribution in [1.29, 1.82) is 0 Å². The Bertz CT molecular complexity index is 1500. The number of benzene rings is 3. The molecule has 5 rings (SSSR count). The summed E-state index contributed by atoms with van der Waals surface area (Å²) < 4.78 is 7.24. The van der Waals surface area contributed by atoms with Gasteiger partial charge in [-0.15, -0.1) is 0 Å². The number of amidine groups is 1. The van der Waals surface area contributed by atoms with Crippen LogP contribution in [-0.4, -0.2) is 59.8 Å². The SMILES string of the molecule is CCCn1c2ccc(C(=O)c3ccccc3)cc2c2cc(/C(N)=N\OC(C)=O)ccc21.O=CN1CCOCC1. The summed E-state index contributed by atoms with van der Waals surface area (Å²) in [6, 6.07) is 20.8. The molecule has 2 heterocycles. The average Bonchev–Trinajstić information content (AvgIpc) is 3.29. The molecule has 1 aromatic heterocycles. The zero-order chi connectivity index (χ0) is 27.8. The number of ether oxygens (including phenoxy) is 1. The Morgan fingerprint density at radius 3 is 2.13 bits per heavy atom. The molecule has 0 aliphatic carbocycles. The Morgan fingerprint density at radius 2 is 1.56 bits per heavy atom. The lowest BCUT2D eigenvalue weighted by atomic mass is 10.0. The molecular formula is C30H32N4O5. The molecular weight excluding hydrogens is 496 g/mol. The van der Waals surface area contributed by atoms with E-state index in [9.17, 15) is 14.4 Å². The number of aromatic nitrogens is 1. The summed E-state index contributed by atoms with van der Waals surface area (Å²) in [6.45, 7) is 7.14. The smallest absolute Gasteiger partial charge is 0.332 e. The van der Waals surface area contributed by atoms with Crippen molar-refractivity contribution in [3.05, 3.63) is 83.4 Å². The van der Waals surface area contributed by atoms with Gasteiger partial charge in [0.2, 0.25) is 6.41 Å². The molecule has 3 aromatic carbocycles. The predicted octanol–water partition coefficient (Wildman–Crippen LogP) is 4.09. The van der Waals surface area contributed by atoms with Gasteiger partial charge in [-0.25, -0.2) is 4.79 Å². The Morgan fingerprint density at radius 1 is 0.949 bits per heavy atom. The number of hydrogen-bond acceptors (Lipinski definition) is 6. The first-order valence-corrected chi connectivity index (χ1v) is 12.9. The third-order valence-electron chi connectivity index (χ3n) is 6.37. The molecule has 1 fully saturated rings. The lowest BCUT2D eigenvalue weighted by Gasteiger charge is -2.21. The van der Waals surface area contributed by atoms with Crippen LogP contribution in [0.3, 0.4) is 0 Å². The summed E-state index contributed by atoms with van der Waals surface area (Å²) in [6.07, 6.45) is 1.84.